The van der Waals surface area contributed by atoms with Gasteiger partial charge in [0.1, 0.15) is 0 Å². The highest BCUT2D eigenvalue weighted by atomic mass is 16.3. The van der Waals surface area contributed by atoms with E-state index in [0.29, 0.717) is 12.1 Å². The van der Waals surface area contributed by atoms with Crippen LogP contribution in [0.25, 0.3) is 0 Å². The van der Waals surface area contributed by atoms with Crippen molar-refractivity contribution < 1.29 is 5.11 Å². The highest BCUT2D eigenvalue weighted by Crippen LogP contribution is 2.22. The second kappa shape index (κ2) is 4.87. The zero-order chi connectivity index (χ0) is 11.5. The second-order valence-corrected chi connectivity index (χ2v) is 4.95. The van der Waals surface area contributed by atoms with Gasteiger partial charge in [0, 0.05) is 18.3 Å². The van der Waals surface area contributed by atoms with E-state index in [0.717, 1.165) is 31.4 Å². The van der Waals surface area contributed by atoms with Crippen LogP contribution in [0.5, 0.6) is 0 Å². The molecule has 2 N–H and O–H groups in total. The number of hydrogen-bond donors (Lipinski definition) is 2. The lowest BCUT2D eigenvalue weighted by Crippen LogP contribution is -2.28. The first-order valence-electron chi connectivity index (χ1n) is 6.14. The molecule has 0 aliphatic heterocycles. The van der Waals surface area contributed by atoms with Crippen LogP contribution in [0.2, 0.25) is 0 Å². The molecule has 90 valence electrons. The zero-order valence-corrected chi connectivity index (χ0v) is 10.1. The molecule has 0 atom stereocenters. The summed E-state index contributed by atoms with van der Waals surface area (Å²) in [6.07, 6.45) is 7.77. The maximum absolute atomic E-state index is 9.43. The van der Waals surface area contributed by atoms with Crippen molar-refractivity contribution in [3.8, 4) is 0 Å². The monoisotopic (exact) mass is 223 g/mol. The lowest BCUT2D eigenvalue weighted by molar-refractivity contribution is 0.126. The number of aliphatic hydroxyl groups excluding tert-OH is 1. The van der Waals surface area contributed by atoms with E-state index in [-0.39, 0.29) is 6.10 Å². The molecule has 0 bridgehead atoms. The van der Waals surface area contributed by atoms with Gasteiger partial charge in [0.2, 0.25) is 0 Å². The molecule has 16 heavy (non-hydrogen) atoms. The molecule has 1 aliphatic carbocycles. The fraction of sp³-hybridized carbons (Fsp3) is 0.750. The predicted octanol–water partition coefficient (Wildman–Crippen LogP) is 2.18. The van der Waals surface area contributed by atoms with E-state index in [2.05, 4.69) is 30.5 Å². The van der Waals surface area contributed by atoms with Crippen LogP contribution in [0.1, 0.15) is 45.6 Å². The number of aliphatic hydroxyl groups is 1. The molecule has 4 nitrogen and oxygen atoms in total. The third kappa shape index (κ3) is 2.76. The Kier molecular flexibility index (Phi) is 3.49. The Hall–Kier alpha value is -1.03. The molecule has 0 amide bonds. The van der Waals surface area contributed by atoms with Gasteiger partial charge in [-0.05, 0) is 39.5 Å². The van der Waals surface area contributed by atoms with Gasteiger partial charge in [0.15, 0.2) is 0 Å². The Balaban J connectivity index is 1.88. The molecule has 0 saturated heterocycles. The summed E-state index contributed by atoms with van der Waals surface area (Å²) in [6.45, 7) is 4.24. The molecule has 1 fully saturated rings. The molecule has 0 unspecified atom stereocenters. The highest BCUT2D eigenvalue weighted by molar-refractivity contribution is 5.39. The molecule has 1 aromatic heterocycles. The minimum atomic E-state index is -0.0866. The van der Waals surface area contributed by atoms with Crippen LogP contribution in [0.3, 0.4) is 0 Å². The summed E-state index contributed by atoms with van der Waals surface area (Å²) >= 11 is 0. The maximum atomic E-state index is 9.43. The van der Waals surface area contributed by atoms with Crippen LogP contribution >= 0.6 is 0 Å². The smallest absolute Gasteiger partial charge is 0.0728 e. The van der Waals surface area contributed by atoms with Crippen LogP contribution in [0, 0.1) is 0 Å². The minimum absolute atomic E-state index is 0.0866. The van der Waals surface area contributed by atoms with E-state index in [1.165, 1.54) is 0 Å². The average Bonchev–Trinajstić information content (AvgIpc) is 2.70. The van der Waals surface area contributed by atoms with Gasteiger partial charge in [-0.3, -0.25) is 4.68 Å². The molecule has 0 spiro atoms. The Morgan fingerprint density at radius 2 is 2.06 bits per heavy atom. The normalized spacial score (nSPS) is 26.0. The van der Waals surface area contributed by atoms with Crippen LogP contribution in [0.15, 0.2) is 12.4 Å². The third-order valence-electron chi connectivity index (χ3n) is 3.20. The highest BCUT2D eigenvalue weighted by Gasteiger charge is 2.19. The maximum Gasteiger partial charge on any atom is 0.0728 e. The molecule has 1 aromatic rings. The quantitative estimate of drug-likeness (QED) is 0.825. The third-order valence-corrected chi connectivity index (χ3v) is 3.20. The van der Waals surface area contributed by atoms with Gasteiger partial charge in [-0.15, -0.1) is 0 Å². The largest absolute Gasteiger partial charge is 0.393 e. The van der Waals surface area contributed by atoms with Crippen LogP contribution < -0.4 is 5.32 Å². The van der Waals surface area contributed by atoms with Crippen molar-refractivity contribution in [1.82, 2.24) is 9.78 Å². The van der Waals surface area contributed by atoms with Gasteiger partial charge in [0.25, 0.3) is 0 Å². The molecule has 2 rings (SSSR count). The van der Waals surface area contributed by atoms with Crippen molar-refractivity contribution in [3.63, 3.8) is 0 Å². The average molecular weight is 223 g/mol. The van der Waals surface area contributed by atoms with Crippen LogP contribution in [-0.4, -0.2) is 27.0 Å². The summed E-state index contributed by atoms with van der Waals surface area (Å²) in [5.74, 6) is 0. The Morgan fingerprint density at radius 3 is 2.62 bits per heavy atom. The van der Waals surface area contributed by atoms with E-state index in [1.807, 2.05) is 10.9 Å². The molecule has 1 aliphatic rings. The van der Waals surface area contributed by atoms with E-state index >= 15 is 0 Å². The number of rotatable bonds is 3. The van der Waals surface area contributed by atoms with E-state index in [9.17, 15) is 5.11 Å². The lowest BCUT2D eigenvalue weighted by atomic mass is 9.93. The summed E-state index contributed by atoms with van der Waals surface area (Å²) in [5, 5.41) is 17.2. The summed E-state index contributed by atoms with van der Waals surface area (Å²) in [6, 6.07) is 0.900. The van der Waals surface area contributed by atoms with E-state index < -0.39 is 0 Å². The van der Waals surface area contributed by atoms with Gasteiger partial charge >= 0.3 is 0 Å². The van der Waals surface area contributed by atoms with Gasteiger partial charge in [-0.25, -0.2) is 0 Å². The van der Waals surface area contributed by atoms with Crippen LogP contribution in [0.4, 0.5) is 5.69 Å². The first kappa shape index (κ1) is 11.5. The van der Waals surface area contributed by atoms with Gasteiger partial charge in [-0.2, -0.15) is 5.10 Å². The molecular weight excluding hydrogens is 202 g/mol. The van der Waals surface area contributed by atoms with E-state index in [1.54, 1.807) is 0 Å². The van der Waals surface area contributed by atoms with Gasteiger partial charge in [-0.1, -0.05) is 0 Å². The summed E-state index contributed by atoms with van der Waals surface area (Å²) in [5.41, 5.74) is 1.09. The van der Waals surface area contributed by atoms with Crippen LogP contribution in [-0.2, 0) is 0 Å². The molecule has 4 heteroatoms. The first-order valence-corrected chi connectivity index (χ1v) is 6.14. The molecule has 0 radical (unpaired) electrons. The Morgan fingerprint density at radius 1 is 1.38 bits per heavy atom. The van der Waals surface area contributed by atoms with Gasteiger partial charge in [0.05, 0.1) is 18.0 Å². The number of aromatic nitrogens is 2. The van der Waals surface area contributed by atoms with Gasteiger partial charge < -0.3 is 10.4 Å². The first-order chi connectivity index (χ1) is 7.65. The standard InChI is InChI=1S/C12H21N3O/c1-9(2)15-8-11(7-13-15)14-10-3-5-12(16)6-4-10/h7-10,12,14,16H,3-6H2,1-2H3. The summed E-state index contributed by atoms with van der Waals surface area (Å²) in [7, 11) is 0. The van der Waals surface area contributed by atoms with Crippen molar-refractivity contribution in [2.45, 2.75) is 57.7 Å². The molecular formula is C12H21N3O. The summed E-state index contributed by atoms with van der Waals surface area (Å²) < 4.78 is 1.96. The topological polar surface area (TPSA) is 50.1 Å². The fourth-order valence-electron chi connectivity index (χ4n) is 2.15. The van der Waals surface area contributed by atoms with Crippen molar-refractivity contribution in [3.05, 3.63) is 12.4 Å². The molecule has 1 heterocycles. The molecule has 1 saturated carbocycles. The SMILES string of the molecule is CC(C)n1cc(NC2CCC(O)CC2)cn1. The minimum Gasteiger partial charge on any atom is -0.393 e. The number of nitrogens with zero attached hydrogens (tertiary/aromatic N) is 2. The van der Waals surface area contributed by atoms with Crippen molar-refractivity contribution in [2.75, 3.05) is 5.32 Å². The summed E-state index contributed by atoms with van der Waals surface area (Å²) in [4.78, 5) is 0. The van der Waals surface area contributed by atoms with Crippen molar-refractivity contribution in [2.24, 2.45) is 0 Å². The number of anilines is 1. The number of hydrogen-bond acceptors (Lipinski definition) is 3. The Bertz CT molecular complexity index is 327. The zero-order valence-electron chi connectivity index (χ0n) is 10.1. The second-order valence-electron chi connectivity index (χ2n) is 4.95. The van der Waals surface area contributed by atoms with E-state index in [4.69, 9.17) is 0 Å². The lowest BCUT2D eigenvalue weighted by Gasteiger charge is -2.26. The Labute approximate surface area is 96.7 Å². The number of nitrogens with one attached hydrogen (secondary N) is 1. The molecule has 0 aromatic carbocycles. The van der Waals surface area contributed by atoms with Crippen molar-refractivity contribution >= 4 is 5.69 Å². The fourth-order valence-corrected chi connectivity index (χ4v) is 2.15. The predicted molar refractivity (Wildman–Crippen MR) is 64.5 cm³/mol. The van der Waals surface area contributed by atoms with Crippen molar-refractivity contribution in [1.29, 1.82) is 0 Å².